The molecule has 1 N–H and O–H groups in total. The van der Waals surface area contributed by atoms with Crippen molar-refractivity contribution in [2.45, 2.75) is 6.18 Å². The summed E-state index contributed by atoms with van der Waals surface area (Å²) in [6.45, 7) is 0. The number of hydrogen-bond donors (Lipinski definition) is 1. The maximum absolute atomic E-state index is 12.5. The largest absolute Gasteiger partial charge is 0.478 e. The highest BCUT2D eigenvalue weighted by Crippen LogP contribution is 2.37. The van der Waals surface area contributed by atoms with Gasteiger partial charge in [0.1, 0.15) is 0 Å². The molecular formula is C8H3BrF3NO4. The Morgan fingerprint density at radius 1 is 1.41 bits per heavy atom. The van der Waals surface area contributed by atoms with E-state index in [1.807, 2.05) is 0 Å². The molecule has 0 atom stereocenters. The molecule has 0 bridgehead atoms. The summed E-state index contributed by atoms with van der Waals surface area (Å²) < 4.78 is 37.1. The Hall–Kier alpha value is -1.64. The van der Waals surface area contributed by atoms with Crippen LogP contribution in [0.3, 0.4) is 0 Å². The van der Waals surface area contributed by atoms with Crippen LogP contribution in [0.15, 0.2) is 16.6 Å². The second-order valence-corrected chi connectivity index (χ2v) is 3.76. The van der Waals surface area contributed by atoms with E-state index in [1.54, 1.807) is 0 Å². The predicted octanol–water partition coefficient (Wildman–Crippen LogP) is 3.07. The first-order chi connectivity index (χ1) is 7.64. The smallest absolute Gasteiger partial charge is 0.417 e. The van der Waals surface area contributed by atoms with Crippen LogP contribution >= 0.6 is 15.9 Å². The van der Waals surface area contributed by atoms with Gasteiger partial charge in [-0.3, -0.25) is 10.1 Å². The van der Waals surface area contributed by atoms with E-state index in [0.717, 1.165) is 0 Å². The maximum atomic E-state index is 12.5. The minimum Gasteiger partial charge on any atom is -0.478 e. The Bertz CT molecular complexity index is 500. The van der Waals surface area contributed by atoms with Crippen molar-refractivity contribution in [2.24, 2.45) is 0 Å². The lowest BCUT2D eigenvalue weighted by molar-refractivity contribution is -0.385. The number of alkyl halides is 3. The van der Waals surface area contributed by atoms with E-state index in [0.29, 0.717) is 6.07 Å². The SMILES string of the molecule is O=C(O)c1c(Br)cc([N+](=O)[O-])cc1C(F)(F)F. The minimum absolute atomic E-state index is 0.189. The Morgan fingerprint density at radius 3 is 2.29 bits per heavy atom. The van der Waals surface area contributed by atoms with Gasteiger partial charge in [0.25, 0.3) is 5.69 Å². The lowest BCUT2D eigenvalue weighted by atomic mass is 10.1. The zero-order chi connectivity index (χ0) is 13.4. The van der Waals surface area contributed by atoms with Gasteiger partial charge in [0.15, 0.2) is 0 Å². The Morgan fingerprint density at radius 2 is 1.94 bits per heavy atom. The van der Waals surface area contributed by atoms with Crippen LogP contribution in [0, 0.1) is 10.1 Å². The van der Waals surface area contributed by atoms with Crippen LogP contribution in [-0.2, 0) is 6.18 Å². The molecule has 1 rings (SSSR count). The molecule has 0 fully saturated rings. The number of carbonyl (C=O) groups is 1. The molecule has 1 aromatic rings. The molecule has 1 aromatic carbocycles. The van der Waals surface area contributed by atoms with Crippen LogP contribution in [0.25, 0.3) is 0 Å². The summed E-state index contributed by atoms with van der Waals surface area (Å²) in [4.78, 5) is 20.0. The van der Waals surface area contributed by atoms with Crippen molar-refractivity contribution in [1.82, 2.24) is 0 Å². The highest BCUT2D eigenvalue weighted by Gasteiger charge is 2.38. The zero-order valence-electron chi connectivity index (χ0n) is 7.79. The summed E-state index contributed by atoms with van der Waals surface area (Å²) in [5, 5.41) is 19.0. The van der Waals surface area contributed by atoms with Crippen molar-refractivity contribution in [3.63, 3.8) is 0 Å². The molecule has 0 saturated carbocycles. The lowest BCUT2D eigenvalue weighted by Crippen LogP contribution is -2.14. The Labute approximate surface area is 100 Å². The van der Waals surface area contributed by atoms with E-state index in [-0.39, 0.29) is 6.07 Å². The molecule has 0 spiro atoms. The van der Waals surface area contributed by atoms with Crippen LogP contribution in [0.2, 0.25) is 0 Å². The molecule has 92 valence electrons. The molecule has 0 aliphatic rings. The van der Waals surface area contributed by atoms with Crippen LogP contribution in [-0.4, -0.2) is 16.0 Å². The highest BCUT2D eigenvalue weighted by molar-refractivity contribution is 9.10. The molecule has 0 aliphatic heterocycles. The number of carboxylic acids is 1. The van der Waals surface area contributed by atoms with Gasteiger partial charge in [-0.1, -0.05) is 0 Å². The standard InChI is InChI=1S/C8H3BrF3NO4/c9-5-2-3(13(16)17)1-4(8(10,11)12)6(5)7(14)15/h1-2H,(H,14,15). The average Bonchev–Trinajstić information content (AvgIpc) is 2.14. The Kier molecular flexibility index (Phi) is 3.41. The third-order valence-electron chi connectivity index (χ3n) is 1.81. The number of nitro benzene ring substituents is 1. The second-order valence-electron chi connectivity index (χ2n) is 2.91. The molecule has 0 saturated heterocycles. The van der Waals surface area contributed by atoms with Gasteiger partial charge in [-0.05, 0) is 15.9 Å². The Balaban J connectivity index is 3.62. The van der Waals surface area contributed by atoms with Crippen molar-refractivity contribution >= 4 is 27.6 Å². The van der Waals surface area contributed by atoms with Crippen molar-refractivity contribution < 1.29 is 28.0 Å². The summed E-state index contributed by atoms with van der Waals surface area (Å²) in [6, 6.07) is 0.896. The highest BCUT2D eigenvalue weighted by atomic mass is 79.9. The third-order valence-corrected chi connectivity index (χ3v) is 2.43. The van der Waals surface area contributed by atoms with Gasteiger partial charge in [0.2, 0.25) is 0 Å². The first-order valence-corrected chi connectivity index (χ1v) is 4.72. The quantitative estimate of drug-likeness (QED) is 0.672. The van der Waals surface area contributed by atoms with E-state index in [1.165, 1.54) is 0 Å². The predicted molar refractivity (Wildman–Crippen MR) is 52.8 cm³/mol. The number of nitrogens with zero attached hydrogens (tertiary/aromatic N) is 1. The van der Waals surface area contributed by atoms with Crippen LogP contribution in [0.4, 0.5) is 18.9 Å². The van der Waals surface area contributed by atoms with Crippen molar-refractivity contribution in [2.75, 3.05) is 0 Å². The molecule has 0 unspecified atom stereocenters. The minimum atomic E-state index is -4.98. The number of halogens is 4. The fourth-order valence-electron chi connectivity index (χ4n) is 1.14. The van der Waals surface area contributed by atoms with Crippen LogP contribution in [0.1, 0.15) is 15.9 Å². The zero-order valence-corrected chi connectivity index (χ0v) is 9.37. The molecule has 5 nitrogen and oxygen atoms in total. The first-order valence-electron chi connectivity index (χ1n) is 3.93. The number of hydrogen-bond acceptors (Lipinski definition) is 3. The number of non-ortho nitro benzene ring substituents is 1. The topological polar surface area (TPSA) is 80.4 Å². The lowest BCUT2D eigenvalue weighted by Gasteiger charge is -2.11. The molecule has 0 radical (unpaired) electrons. The van der Waals surface area contributed by atoms with Gasteiger partial charge in [0.05, 0.1) is 16.1 Å². The molecule has 0 aliphatic carbocycles. The number of benzene rings is 1. The normalized spacial score (nSPS) is 11.3. The number of nitro groups is 1. The second kappa shape index (κ2) is 4.32. The summed E-state index contributed by atoms with van der Waals surface area (Å²) in [5.41, 5.74) is -3.46. The van der Waals surface area contributed by atoms with E-state index in [2.05, 4.69) is 15.9 Å². The van der Waals surface area contributed by atoms with Gasteiger partial charge < -0.3 is 5.11 Å². The van der Waals surface area contributed by atoms with Gasteiger partial charge in [-0.15, -0.1) is 0 Å². The van der Waals surface area contributed by atoms with Gasteiger partial charge in [0, 0.05) is 16.6 Å². The average molecular weight is 314 g/mol. The van der Waals surface area contributed by atoms with E-state index in [4.69, 9.17) is 5.11 Å². The van der Waals surface area contributed by atoms with Crippen molar-refractivity contribution in [1.29, 1.82) is 0 Å². The van der Waals surface area contributed by atoms with E-state index < -0.39 is 38.4 Å². The third kappa shape index (κ3) is 2.73. The van der Waals surface area contributed by atoms with Crippen molar-refractivity contribution in [3.8, 4) is 0 Å². The summed E-state index contributed by atoms with van der Waals surface area (Å²) in [7, 11) is 0. The van der Waals surface area contributed by atoms with Gasteiger partial charge in [-0.2, -0.15) is 13.2 Å². The number of carboxylic acid groups (broad SMARTS) is 1. The molecule has 0 amide bonds. The summed E-state index contributed by atoms with van der Waals surface area (Å²) in [5.74, 6) is -1.82. The van der Waals surface area contributed by atoms with Crippen LogP contribution < -0.4 is 0 Å². The van der Waals surface area contributed by atoms with Gasteiger partial charge in [-0.25, -0.2) is 4.79 Å². The molecule has 9 heteroatoms. The van der Waals surface area contributed by atoms with E-state index >= 15 is 0 Å². The summed E-state index contributed by atoms with van der Waals surface area (Å²) >= 11 is 2.57. The maximum Gasteiger partial charge on any atom is 0.417 e. The molecule has 0 heterocycles. The fourth-order valence-corrected chi connectivity index (χ4v) is 1.76. The fraction of sp³-hybridized carbons (Fsp3) is 0.125. The van der Waals surface area contributed by atoms with E-state index in [9.17, 15) is 28.1 Å². The number of rotatable bonds is 2. The van der Waals surface area contributed by atoms with Gasteiger partial charge >= 0.3 is 12.1 Å². The van der Waals surface area contributed by atoms with Crippen molar-refractivity contribution in [3.05, 3.63) is 37.8 Å². The summed E-state index contributed by atoms with van der Waals surface area (Å²) in [6.07, 6.45) is -4.98. The van der Waals surface area contributed by atoms with Crippen LogP contribution in [0.5, 0.6) is 0 Å². The molecular weight excluding hydrogens is 311 g/mol. The number of aromatic carboxylic acids is 1. The monoisotopic (exact) mass is 313 g/mol. The molecule has 0 aromatic heterocycles. The first kappa shape index (κ1) is 13.4. The molecule has 17 heavy (non-hydrogen) atoms.